The SMILES string of the molecule is O=C1CC[C@@H](CN2C(=O)COc3cc(-c4cccc(-c5cccc(-c6ccc7c(c6)OCC(=O)N7CCN6C[C@H](O)C[C@@H]6C(=O)O)c5Cl)c4Cl)ccc32)N1. The van der Waals surface area contributed by atoms with Crippen LogP contribution in [0.5, 0.6) is 11.5 Å². The molecule has 0 unspecified atom stereocenters. The summed E-state index contributed by atoms with van der Waals surface area (Å²) in [6.45, 7) is 0.854. The van der Waals surface area contributed by atoms with Crippen molar-refractivity contribution in [2.24, 2.45) is 0 Å². The van der Waals surface area contributed by atoms with Crippen molar-refractivity contribution in [3.63, 3.8) is 0 Å². The molecular weight excluding hydrogens is 735 g/mol. The van der Waals surface area contributed by atoms with Gasteiger partial charge in [-0.1, -0.05) is 71.7 Å². The number of aliphatic carboxylic acids is 1. The molecule has 4 aliphatic heterocycles. The Morgan fingerprint density at radius 3 is 1.89 bits per heavy atom. The Balaban J connectivity index is 1.05. The summed E-state index contributed by atoms with van der Waals surface area (Å²) in [7, 11) is 0. The van der Waals surface area contributed by atoms with Crippen LogP contribution in [-0.2, 0) is 19.2 Å². The fourth-order valence-electron chi connectivity index (χ4n) is 7.76. The van der Waals surface area contributed by atoms with E-state index in [9.17, 15) is 29.4 Å². The monoisotopic (exact) mass is 770 g/mol. The van der Waals surface area contributed by atoms with Crippen molar-refractivity contribution < 1.29 is 38.9 Å². The van der Waals surface area contributed by atoms with E-state index < -0.39 is 18.1 Å². The Morgan fingerprint density at radius 2 is 1.33 bits per heavy atom. The minimum atomic E-state index is -0.996. The average Bonchev–Trinajstić information content (AvgIpc) is 3.76. The van der Waals surface area contributed by atoms with Gasteiger partial charge in [0.15, 0.2) is 13.2 Å². The third-order valence-electron chi connectivity index (χ3n) is 10.5. The summed E-state index contributed by atoms with van der Waals surface area (Å²) in [5.74, 6) is -0.378. The third-order valence-corrected chi connectivity index (χ3v) is 11.3. The number of anilines is 2. The van der Waals surface area contributed by atoms with Gasteiger partial charge >= 0.3 is 5.97 Å². The maximum atomic E-state index is 12.9. The van der Waals surface area contributed by atoms with Crippen molar-refractivity contribution in [3.8, 4) is 44.9 Å². The van der Waals surface area contributed by atoms with E-state index >= 15 is 0 Å². The van der Waals surface area contributed by atoms with Crippen molar-refractivity contribution in [2.45, 2.75) is 37.5 Å². The van der Waals surface area contributed by atoms with Gasteiger partial charge in [-0.2, -0.15) is 0 Å². The van der Waals surface area contributed by atoms with Crippen molar-refractivity contribution in [1.29, 1.82) is 0 Å². The highest BCUT2D eigenvalue weighted by atomic mass is 35.5. The van der Waals surface area contributed by atoms with Gasteiger partial charge in [0.2, 0.25) is 5.91 Å². The van der Waals surface area contributed by atoms with Crippen LogP contribution in [0.1, 0.15) is 19.3 Å². The number of fused-ring (bicyclic) bond motifs is 2. The standard InChI is InChI=1S/C40H36Cl2N4O8/c41-38-26(22-7-10-30-33(15-22)53-20-36(49)45(30)14-13-44-19-25(47)17-32(44)40(51)52)3-1-5-28(38)29-6-2-4-27(39(29)42)23-8-11-31-34(16-23)54-21-37(50)46(31)18-24-9-12-35(48)43-24/h1-8,10-11,15-16,24-25,32,47H,9,12-14,17-21H2,(H,43,48)(H,51,52)/t24-,25+,32+/m0/s1. The Morgan fingerprint density at radius 1 is 0.778 bits per heavy atom. The molecule has 2 fully saturated rings. The van der Waals surface area contributed by atoms with E-state index in [0.29, 0.717) is 63.4 Å². The minimum Gasteiger partial charge on any atom is -0.482 e. The van der Waals surface area contributed by atoms with Crippen molar-refractivity contribution in [1.82, 2.24) is 10.2 Å². The first-order valence-corrected chi connectivity index (χ1v) is 18.5. The fourth-order valence-corrected chi connectivity index (χ4v) is 8.44. The van der Waals surface area contributed by atoms with Gasteiger partial charge in [-0.05, 0) is 41.8 Å². The molecule has 0 spiro atoms. The van der Waals surface area contributed by atoms with Gasteiger partial charge in [0.1, 0.15) is 17.5 Å². The molecule has 14 heteroatoms. The molecule has 2 saturated heterocycles. The molecule has 0 bridgehead atoms. The van der Waals surface area contributed by atoms with Gasteiger partial charge in [-0.3, -0.25) is 24.1 Å². The van der Waals surface area contributed by atoms with Crippen molar-refractivity contribution >= 4 is 58.3 Å². The van der Waals surface area contributed by atoms with Crippen LogP contribution >= 0.6 is 23.2 Å². The molecule has 3 atom stereocenters. The highest BCUT2D eigenvalue weighted by Crippen LogP contribution is 2.45. The van der Waals surface area contributed by atoms with Crippen LogP contribution in [0.15, 0.2) is 72.8 Å². The van der Waals surface area contributed by atoms with E-state index in [0.717, 1.165) is 22.3 Å². The maximum Gasteiger partial charge on any atom is 0.321 e. The number of β-amino-alcohol motifs (C(OH)–C–C–N with tert-alkyl or cyclic N) is 1. The number of ether oxygens (including phenoxy) is 2. The van der Waals surface area contributed by atoms with Crippen LogP contribution in [0.4, 0.5) is 11.4 Å². The number of carboxylic acid groups (broad SMARTS) is 1. The number of carboxylic acids is 1. The van der Waals surface area contributed by atoms with E-state index in [-0.39, 0.29) is 63.0 Å². The predicted molar refractivity (Wildman–Crippen MR) is 203 cm³/mol. The molecule has 0 saturated carbocycles. The zero-order valence-electron chi connectivity index (χ0n) is 29.0. The summed E-state index contributed by atoms with van der Waals surface area (Å²) in [5.41, 5.74) is 5.66. The first-order chi connectivity index (χ1) is 26.0. The Labute approximate surface area is 320 Å². The lowest BCUT2D eigenvalue weighted by molar-refractivity contribution is -0.142. The van der Waals surface area contributed by atoms with E-state index in [2.05, 4.69) is 5.32 Å². The van der Waals surface area contributed by atoms with E-state index in [1.807, 2.05) is 66.7 Å². The van der Waals surface area contributed by atoms with Crippen LogP contribution in [0, 0.1) is 0 Å². The third kappa shape index (κ3) is 6.75. The zero-order valence-corrected chi connectivity index (χ0v) is 30.5. The summed E-state index contributed by atoms with van der Waals surface area (Å²) >= 11 is 14.3. The second kappa shape index (κ2) is 14.6. The van der Waals surface area contributed by atoms with Crippen molar-refractivity contribution in [3.05, 3.63) is 82.8 Å². The van der Waals surface area contributed by atoms with Crippen LogP contribution in [0.2, 0.25) is 10.0 Å². The number of likely N-dealkylation sites (tertiary alicyclic amines) is 1. The summed E-state index contributed by atoms with van der Waals surface area (Å²) < 4.78 is 11.7. The number of carbonyl (C=O) groups is 4. The zero-order chi connectivity index (χ0) is 37.7. The van der Waals surface area contributed by atoms with Crippen LogP contribution in [-0.4, -0.2) is 96.4 Å². The molecule has 3 N–H and O–H groups in total. The van der Waals surface area contributed by atoms with E-state index in [4.69, 9.17) is 32.7 Å². The molecule has 12 nitrogen and oxygen atoms in total. The number of aliphatic hydroxyl groups is 1. The molecule has 0 aliphatic carbocycles. The Bertz CT molecular complexity index is 2200. The number of nitrogens with one attached hydrogen (secondary N) is 1. The highest BCUT2D eigenvalue weighted by molar-refractivity contribution is 6.39. The first kappa shape index (κ1) is 35.9. The van der Waals surface area contributed by atoms with Gasteiger partial charge < -0.3 is 34.8 Å². The largest absolute Gasteiger partial charge is 0.482 e. The molecule has 0 radical (unpaired) electrons. The van der Waals surface area contributed by atoms with Gasteiger partial charge in [0.25, 0.3) is 11.8 Å². The smallest absolute Gasteiger partial charge is 0.321 e. The Kier molecular flexibility index (Phi) is 9.69. The van der Waals surface area contributed by atoms with Crippen molar-refractivity contribution in [2.75, 3.05) is 49.2 Å². The van der Waals surface area contributed by atoms with Gasteiger partial charge in [0, 0.05) is 67.3 Å². The van der Waals surface area contributed by atoms with E-state index in [1.54, 1.807) is 20.8 Å². The second-order valence-electron chi connectivity index (χ2n) is 13.9. The molecule has 54 heavy (non-hydrogen) atoms. The number of aliphatic hydroxyl groups excluding tert-OH is 1. The minimum absolute atomic E-state index is 0.0102. The number of amides is 3. The van der Waals surface area contributed by atoms with Crippen LogP contribution in [0.3, 0.4) is 0 Å². The number of hydrogen-bond acceptors (Lipinski definition) is 8. The molecular formula is C40H36Cl2N4O8. The molecule has 4 aromatic rings. The number of hydrogen-bond donors (Lipinski definition) is 3. The molecule has 3 amide bonds. The maximum absolute atomic E-state index is 12.9. The fraction of sp³-hybridized carbons (Fsp3) is 0.300. The Hall–Kier alpha value is -5.14. The molecule has 278 valence electrons. The molecule has 4 aromatic carbocycles. The second-order valence-corrected chi connectivity index (χ2v) is 14.6. The van der Waals surface area contributed by atoms with Crippen LogP contribution in [0.25, 0.3) is 33.4 Å². The summed E-state index contributed by atoms with van der Waals surface area (Å²) in [6, 6.07) is 21.6. The summed E-state index contributed by atoms with van der Waals surface area (Å²) in [5, 5.41) is 23.5. The lowest BCUT2D eigenvalue weighted by atomic mass is 9.95. The average molecular weight is 772 g/mol. The molecule has 4 heterocycles. The molecule has 4 aliphatic rings. The molecule has 8 rings (SSSR count). The topological polar surface area (TPSA) is 149 Å². The molecule has 0 aromatic heterocycles. The van der Waals surface area contributed by atoms with Gasteiger partial charge in [-0.25, -0.2) is 0 Å². The van der Waals surface area contributed by atoms with Gasteiger partial charge in [0.05, 0.1) is 27.5 Å². The lowest BCUT2D eigenvalue weighted by Crippen LogP contribution is -2.46. The van der Waals surface area contributed by atoms with Gasteiger partial charge in [-0.15, -0.1) is 0 Å². The number of carbonyl (C=O) groups excluding carboxylic acids is 3. The van der Waals surface area contributed by atoms with Crippen LogP contribution < -0.4 is 24.6 Å². The highest BCUT2D eigenvalue weighted by Gasteiger charge is 2.37. The first-order valence-electron chi connectivity index (χ1n) is 17.7. The summed E-state index contributed by atoms with van der Waals surface area (Å²) in [4.78, 5) is 54.2. The number of rotatable bonds is 9. The summed E-state index contributed by atoms with van der Waals surface area (Å²) in [6.07, 6.45) is 0.547. The number of nitrogens with zero attached hydrogens (tertiary/aromatic N) is 3. The normalized spacial score (nSPS) is 21.0. The number of benzene rings is 4. The quantitative estimate of drug-likeness (QED) is 0.208. The lowest BCUT2D eigenvalue weighted by Gasteiger charge is -2.32. The van der Waals surface area contributed by atoms with E-state index in [1.165, 1.54) is 0 Å². The number of halogens is 2. The predicted octanol–water partition coefficient (Wildman–Crippen LogP) is 5.24.